The molecule has 0 radical (unpaired) electrons. The van der Waals surface area contributed by atoms with Crippen LogP contribution in [0.15, 0.2) is 35.1 Å². The van der Waals surface area contributed by atoms with Crippen LogP contribution in [-0.2, 0) is 0 Å². The average molecular weight is 240 g/mol. The van der Waals surface area contributed by atoms with Gasteiger partial charge in [0.1, 0.15) is 5.76 Å². The standard InChI is InChI=1S/C10H9N3O2.ClH/c1-7-6-9(13-15-7)12-10(14)8-2-4-11-5-3-8;/h2-6H,1H3,(H,12,13,14);1H. The maximum absolute atomic E-state index is 11.6. The Kier molecular flexibility index (Phi) is 4.02. The number of carbonyl (C=O) groups is 1. The molecule has 2 rings (SSSR count). The first kappa shape index (κ1) is 12.2. The molecule has 0 saturated carbocycles. The Balaban J connectivity index is 0.00000128. The topological polar surface area (TPSA) is 68.0 Å². The zero-order valence-electron chi connectivity index (χ0n) is 8.51. The number of amides is 1. The summed E-state index contributed by atoms with van der Waals surface area (Å²) in [6, 6.07) is 4.91. The molecule has 2 heterocycles. The molecule has 0 aliphatic carbocycles. The fraction of sp³-hybridized carbons (Fsp3) is 0.100. The third-order valence-corrected chi connectivity index (χ3v) is 1.81. The highest BCUT2D eigenvalue weighted by atomic mass is 35.5. The van der Waals surface area contributed by atoms with Crippen LogP contribution in [0.3, 0.4) is 0 Å². The molecular formula is C10H10ClN3O2. The third kappa shape index (κ3) is 2.80. The summed E-state index contributed by atoms with van der Waals surface area (Å²) in [5.41, 5.74) is 0.533. The fourth-order valence-corrected chi connectivity index (χ4v) is 1.12. The van der Waals surface area contributed by atoms with E-state index >= 15 is 0 Å². The van der Waals surface area contributed by atoms with E-state index in [1.807, 2.05) is 0 Å². The summed E-state index contributed by atoms with van der Waals surface area (Å²) in [5.74, 6) is 0.833. The minimum absolute atomic E-state index is 0. The van der Waals surface area contributed by atoms with Gasteiger partial charge in [0, 0.05) is 24.0 Å². The molecule has 0 aliphatic rings. The van der Waals surface area contributed by atoms with Gasteiger partial charge in [0.2, 0.25) is 0 Å². The van der Waals surface area contributed by atoms with E-state index < -0.39 is 0 Å². The van der Waals surface area contributed by atoms with Crippen LogP contribution in [0, 0.1) is 6.92 Å². The van der Waals surface area contributed by atoms with Crippen molar-refractivity contribution in [2.75, 3.05) is 5.32 Å². The molecular weight excluding hydrogens is 230 g/mol. The van der Waals surface area contributed by atoms with Crippen LogP contribution >= 0.6 is 12.4 Å². The Labute approximate surface area is 98.3 Å². The van der Waals surface area contributed by atoms with Crippen molar-refractivity contribution in [1.29, 1.82) is 0 Å². The minimum atomic E-state index is -0.231. The van der Waals surface area contributed by atoms with Crippen molar-refractivity contribution in [3.63, 3.8) is 0 Å². The van der Waals surface area contributed by atoms with Gasteiger partial charge in [-0.15, -0.1) is 12.4 Å². The van der Waals surface area contributed by atoms with Gasteiger partial charge in [0.15, 0.2) is 5.82 Å². The Morgan fingerprint density at radius 2 is 2.06 bits per heavy atom. The highest BCUT2D eigenvalue weighted by molar-refractivity contribution is 6.03. The summed E-state index contributed by atoms with van der Waals surface area (Å²) in [7, 11) is 0. The molecule has 2 aromatic rings. The van der Waals surface area contributed by atoms with Gasteiger partial charge >= 0.3 is 0 Å². The molecule has 1 amide bonds. The molecule has 1 N–H and O–H groups in total. The van der Waals surface area contributed by atoms with Gasteiger partial charge in [-0.2, -0.15) is 0 Å². The SMILES string of the molecule is Cc1cc(NC(=O)c2ccncc2)no1.Cl. The first-order chi connectivity index (χ1) is 7.25. The predicted molar refractivity (Wildman–Crippen MR) is 60.7 cm³/mol. The molecule has 0 saturated heterocycles. The van der Waals surface area contributed by atoms with Crippen molar-refractivity contribution in [2.24, 2.45) is 0 Å². The minimum Gasteiger partial charge on any atom is -0.360 e. The summed E-state index contributed by atoms with van der Waals surface area (Å²) in [6.07, 6.45) is 3.12. The summed E-state index contributed by atoms with van der Waals surface area (Å²) in [6.45, 7) is 1.76. The zero-order chi connectivity index (χ0) is 10.7. The van der Waals surface area contributed by atoms with Crippen LogP contribution in [-0.4, -0.2) is 16.0 Å². The lowest BCUT2D eigenvalue weighted by molar-refractivity contribution is 0.102. The van der Waals surface area contributed by atoms with Gasteiger partial charge in [-0.25, -0.2) is 0 Å². The number of halogens is 1. The van der Waals surface area contributed by atoms with Crippen LogP contribution in [0.1, 0.15) is 16.1 Å². The Morgan fingerprint density at radius 1 is 1.38 bits per heavy atom. The van der Waals surface area contributed by atoms with Crippen LogP contribution < -0.4 is 5.32 Å². The molecule has 2 aromatic heterocycles. The number of rotatable bonds is 2. The van der Waals surface area contributed by atoms with E-state index in [4.69, 9.17) is 4.52 Å². The van der Waals surface area contributed by atoms with Crippen LogP contribution in [0.5, 0.6) is 0 Å². The molecule has 0 fully saturated rings. The smallest absolute Gasteiger partial charge is 0.257 e. The summed E-state index contributed by atoms with van der Waals surface area (Å²) >= 11 is 0. The molecule has 0 bridgehead atoms. The van der Waals surface area contributed by atoms with Crippen molar-refractivity contribution in [2.45, 2.75) is 6.92 Å². The second kappa shape index (κ2) is 5.27. The second-order valence-electron chi connectivity index (χ2n) is 3.01. The van der Waals surface area contributed by atoms with Gasteiger partial charge in [-0.05, 0) is 19.1 Å². The Morgan fingerprint density at radius 3 is 2.62 bits per heavy atom. The number of nitrogens with one attached hydrogen (secondary N) is 1. The van der Waals surface area contributed by atoms with Gasteiger partial charge in [-0.3, -0.25) is 9.78 Å². The number of hydrogen-bond acceptors (Lipinski definition) is 4. The number of carbonyl (C=O) groups excluding carboxylic acids is 1. The Bertz CT molecular complexity index is 470. The lowest BCUT2D eigenvalue weighted by Crippen LogP contribution is -2.11. The molecule has 0 aliphatic heterocycles. The Hall–Kier alpha value is -1.88. The lowest BCUT2D eigenvalue weighted by atomic mass is 10.2. The number of anilines is 1. The number of hydrogen-bond donors (Lipinski definition) is 1. The number of nitrogens with zero attached hydrogens (tertiary/aromatic N) is 2. The van der Waals surface area contributed by atoms with E-state index in [2.05, 4.69) is 15.5 Å². The molecule has 0 atom stereocenters. The van der Waals surface area contributed by atoms with Gasteiger partial charge in [-0.1, -0.05) is 5.16 Å². The summed E-state index contributed by atoms with van der Waals surface area (Å²) < 4.78 is 4.82. The van der Waals surface area contributed by atoms with Crippen molar-refractivity contribution < 1.29 is 9.32 Å². The summed E-state index contributed by atoms with van der Waals surface area (Å²) in [4.78, 5) is 15.4. The van der Waals surface area contributed by atoms with Crippen molar-refractivity contribution in [3.05, 3.63) is 41.9 Å². The molecule has 0 aromatic carbocycles. The maximum Gasteiger partial charge on any atom is 0.257 e. The lowest BCUT2D eigenvalue weighted by Gasteiger charge is -1.99. The van der Waals surface area contributed by atoms with E-state index in [1.165, 1.54) is 0 Å². The van der Waals surface area contributed by atoms with E-state index in [-0.39, 0.29) is 18.3 Å². The van der Waals surface area contributed by atoms with E-state index in [0.717, 1.165) is 0 Å². The van der Waals surface area contributed by atoms with E-state index in [1.54, 1.807) is 37.5 Å². The second-order valence-corrected chi connectivity index (χ2v) is 3.01. The van der Waals surface area contributed by atoms with Gasteiger partial charge < -0.3 is 9.84 Å². The number of aromatic nitrogens is 2. The van der Waals surface area contributed by atoms with Gasteiger partial charge in [0.25, 0.3) is 5.91 Å². The largest absolute Gasteiger partial charge is 0.360 e. The van der Waals surface area contributed by atoms with Crippen LogP contribution in [0.4, 0.5) is 5.82 Å². The van der Waals surface area contributed by atoms with Crippen molar-refractivity contribution >= 4 is 24.1 Å². The summed E-state index contributed by atoms with van der Waals surface area (Å²) in [5, 5.41) is 6.27. The van der Waals surface area contributed by atoms with Crippen LogP contribution in [0.25, 0.3) is 0 Å². The third-order valence-electron chi connectivity index (χ3n) is 1.81. The van der Waals surface area contributed by atoms with Crippen molar-refractivity contribution in [3.8, 4) is 0 Å². The average Bonchev–Trinajstić information content (AvgIpc) is 2.65. The van der Waals surface area contributed by atoms with Crippen molar-refractivity contribution in [1.82, 2.24) is 10.1 Å². The molecule has 16 heavy (non-hydrogen) atoms. The van der Waals surface area contributed by atoms with Gasteiger partial charge in [0.05, 0.1) is 0 Å². The maximum atomic E-state index is 11.6. The zero-order valence-corrected chi connectivity index (χ0v) is 9.32. The molecule has 0 spiro atoms. The van der Waals surface area contributed by atoms with E-state index in [0.29, 0.717) is 17.1 Å². The fourth-order valence-electron chi connectivity index (χ4n) is 1.12. The molecule has 0 unspecified atom stereocenters. The highest BCUT2D eigenvalue weighted by Gasteiger charge is 2.07. The first-order valence-electron chi connectivity index (χ1n) is 4.40. The number of aryl methyl sites for hydroxylation is 1. The number of pyridine rings is 1. The normalized spacial score (nSPS) is 9.31. The van der Waals surface area contributed by atoms with Crippen LogP contribution in [0.2, 0.25) is 0 Å². The molecule has 5 nitrogen and oxygen atoms in total. The molecule has 84 valence electrons. The quantitative estimate of drug-likeness (QED) is 0.871. The van der Waals surface area contributed by atoms with E-state index in [9.17, 15) is 4.79 Å². The highest BCUT2D eigenvalue weighted by Crippen LogP contribution is 2.08. The molecule has 6 heteroatoms. The monoisotopic (exact) mass is 239 g/mol. The first-order valence-corrected chi connectivity index (χ1v) is 4.40. The predicted octanol–water partition coefficient (Wildman–Crippen LogP) is 2.05.